The molecule has 33 heavy (non-hydrogen) atoms. The van der Waals surface area contributed by atoms with Gasteiger partial charge in [-0.3, -0.25) is 14.5 Å². The van der Waals surface area contributed by atoms with E-state index in [1.54, 1.807) is 36.4 Å². The molecule has 0 bridgehead atoms. The zero-order valence-corrected chi connectivity index (χ0v) is 18.0. The summed E-state index contributed by atoms with van der Waals surface area (Å²) in [6.45, 7) is 3.88. The van der Waals surface area contributed by atoms with E-state index in [1.807, 2.05) is 26.0 Å². The van der Waals surface area contributed by atoms with Crippen LogP contribution in [0.5, 0.6) is 0 Å². The van der Waals surface area contributed by atoms with Crippen LogP contribution in [0.4, 0.5) is 18.9 Å². The first-order valence-electron chi connectivity index (χ1n) is 10.3. The number of aryl methyl sites for hydroxylation is 2. The molecule has 3 aromatic rings. The van der Waals surface area contributed by atoms with Crippen molar-refractivity contribution in [3.63, 3.8) is 0 Å². The monoisotopic (exact) mass is 450 g/mol. The molecule has 1 heterocycles. The van der Waals surface area contributed by atoms with Gasteiger partial charge in [0.25, 0.3) is 11.8 Å². The third-order valence-corrected chi connectivity index (χ3v) is 5.61. The van der Waals surface area contributed by atoms with E-state index < -0.39 is 23.6 Å². The lowest BCUT2D eigenvalue weighted by atomic mass is 9.99. The number of nitrogens with one attached hydrogen (secondary N) is 1. The Morgan fingerprint density at radius 2 is 1.55 bits per heavy atom. The highest BCUT2D eigenvalue weighted by molar-refractivity contribution is 6.36. The number of rotatable bonds is 5. The van der Waals surface area contributed by atoms with Gasteiger partial charge in [-0.05, 0) is 54.3 Å². The summed E-state index contributed by atoms with van der Waals surface area (Å²) in [6, 6.07) is 19.0. The van der Waals surface area contributed by atoms with Crippen molar-refractivity contribution in [2.45, 2.75) is 26.6 Å². The van der Waals surface area contributed by atoms with Crippen LogP contribution in [0, 0.1) is 13.8 Å². The second-order valence-electron chi connectivity index (χ2n) is 7.93. The SMILES string of the molecule is Cc1ccc(C2=C(Nc3cccc(C(F)(F)F)c3)C(=O)N(Cc3ccccc3)C2=O)cc1C. The van der Waals surface area contributed by atoms with Gasteiger partial charge in [-0.25, -0.2) is 0 Å². The Morgan fingerprint density at radius 3 is 2.21 bits per heavy atom. The van der Waals surface area contributed by atoms with Gasteiger partial charge in [0.1, 0.15) is 5.70 Å². The molecule has 0 fully saturated rings. The van der Waals surface area contributed by atoms with Crippen LogP contribution in [0.25, 0.3) is 5.57 Å². The first-order chi connectivity index (χ1) is 15.6. The van der Waals surface area contributed by atoms with E-state index in [0.29, 0.717) is 5.56 Å². The lowest BCUT2D eigenvalue weighted by Gasteiger charge is -2.15. The van der Waals surface area contributed by atoms with Crippen molar-refractivity contribution in [3.8, 4) is 0 Å². The van der Waals surface area contributed by atoms with Crippen LogP contribution in [-0.2, 0) is 22.3 Å². The molecule has 4 rings (SSSR count). The number of halogens is 3. The Balaban J connectivity index is 1.77. The Bertz CT molecular complexity index is 1260. The maximum absolute atomic E-state index is 13.4. The summed E-state index contributed by atoms with van der Waals surface area (Å²) in [6.07, 6.45) is -4.53. The highest BCUT2D eigenvalue weighted by Crippen LogP contribution is 2.34. The Labute approximate surface area is 189 Å². The summed E-state index contributed by atoms with van der Waals surface area (Å²) in [4.78, 5) is 27.8. The average molecular weight is 450 g/mol. The van der Waals surface area contributed by atoms with Crippen molar-refractivity contribution >= 4 is 23.1 Å². The molecule has 0 aromatic heterocycles. The van der Waals surface area contributed by atoms with E-state index in [1.165, 1.54) is 12.1 Å². The zero-order chi connectivity index (χ0) is 23.8. The molecule has 0 atom stereocenters. The summed E-state index contributed by atoms with van der Waals surface area (Å²) in [7, 11) is 0. The molecule has 0 unspecified atom stereocenters. The van der Waals surface area contributed by atoms with Crippen LogP contribution in [0.1, 0.15) is 27.8 Å². The summed E-state index contributed by atoms with van der Waals surface area (Å²) in [5.41, 5.74) is 2.56. The molecule has 1 aliphatic heterocycles. The van der Waals surface area contributed by atoms with Crippen LogP contribution >= 0.6 is 0 Å². The van der Waals surface area contributed by atoms with Crippen LogP contribution in [0.3, 0.4) is 0 Å². The van der Waals surface area contributed by atoms with Gasteiger partial charge in [0.05, 0.1) is 17.7 Å². The largest absolute Gasteiger partial charge is 0.416 e. The average Bonchev–Trinajstić information content (AvgIpc) is 3.00. The quantitative estimate of drug-likeness (QED) is 0.506. The van der Waals surface area contributed by atoms with Gasteiger partial charge < -0.3 is 5.32 Å². The molecule has 0 saturated heterocycles. The minimum absolute atomic E-state index is 0.0430. The van der Waals surface area contributed by atoms with Crippen LogP contribution in [0.15, 0.2) is 78.5 Å². The van der Waals surface area contributed by atoms with Gasteiger partial charge in [0, 0.05) is 5.69 Å². The number of anilines is 1. The number of hydrogen-bond donors (Lipinski definition) is 1. The molecule has 1 aliphatic rings. The van der Waals surface area contributed by atoms with E-state index >= 15 is 0 Å². The fourth-order valence-electron chi connectivity index (χ4n) is 3.68. The Kier molecular flexibility index (Phi) is 5.80. The molecule has 0 saturated carbocycles. The van der Waals surface area contributed by atoms with Crippen molar-refractivity contribution in [3.05, 3.63) is 106 Å². The van der Waals surface area contributed by atoms with E-state index in [2.05, 4.69) is 5.32 Å². The standard InChI is InChI=1S/C26H21F3N2O2/c1-16-11-12-19(13-17(16)2)22-23(30-21-10-6-9-20(14-21)26(27,28)29)25(33)31(24(22)32)15-18-7-4-3-5-8-18/h3-14,30H,15H2,1-2H3. The predicted molar refractivity (Wildman–Crippen MR) is 120 cm³/mol. The molecule has 3 aromatic carbocycles. The number of carbonyl (C=O) groups is 2. The van der Waals surface area contributed by atoms with E-state index in [9.17, 15) is 22.8 Å². The van der Waals surface area contributed by atoms with Crippen molar-refractivity contribution < 1.29 is 22.8 Å². The molecule has 0 radical (unpaired) electrons. The number of hydrogen-bond acceptors (Lipinski definition) is 3. The lowest BCUT2D eigenvalue weighted by molar-refractivity contribution is -0.138. The van der Waals surface area contributed by atoms with E-state index in [-0.39, 0.29) is 23.5 Å². The van der Waals surface area contributed by atoms with Gasteiger partial charge in [0.15, 0.2) is 0 Å². The number of benzene rings is 3. The number of carbonyl (C=O) groups excluding carboxylic acids is 2. The van der Waals surface area contributed by atoms with Crippen LogP contribution in [0.2, 0.25) is 0 Å². The molecular weight excluding hydrogens is 429 g/mol. The van der Waals surface area contributed by atoms with Gasteiger partial charge >= 0.3 is 6.18 Å². The summed E-state index contributed by atoms with van der Waals surface area (Å²) in [5.74, 6) is -1.09. The van der Waals surface area contributed by atoms with Gasteiger partial charge in [-0.2, -0.15) is 13.2 Å². The Hall–Kier alpha value is -3.87. The van der Waals surface area contributed by atoms with Crippen molar-refractivity contribution in [2.24, 2.45) is 0 Å². The maximum atomic E-state index is 13.4. The van der Waals surface area contributed by atoms with Crippen molar-refractivity contribution in [2.75, 3.05) is 5.32 Å². The topological polar surface area (TPSA) is 49.4 Å². The number of nitrogens with zero attached hydrogens (tertiary/aromatic N) is 1. The molecular formula is C26H21F3N2O2. The first kappa shape index (κ1) is 22.3. The second-order valence-corrected chi connectivity index (χ2v) is 7.93. The van der Waals surface area contributed by atoms with Crippen LogP contribution < -0.4 is 5.32 Å². The summed E-state index contributed by atoms with van der Waals surface area (Å²) >= 11 is 0. The van der Waals surface area contributed by atoms with E-state index in [0.717, 1.165) is 33.7 Å². The number of alkyl halides is 3. The first-order valence-corrected chi connectivity index (χ1v) is 10.3. The third kappa shape index (κ3) is 4.53. The van der Waals surface area contributed by atoms with Gasteiger partial charge in [0.2, 0.25) is 0 Å². The smallest absolute Gasteiger partial charge is 0.350 e. The fourth-order valence-corrected chi connectivity index (χ4v) is 3.68. The van der Waals surface area contributed by atoms with Gasteiger partial charge in [-0.1, -0.05) is 54.6 Å². The maximum Gasteiger partial charge on any atom is 0.416 e. The highest BCUT2D eigenvalue weighted by Gasteiger charge is 2.39. The molecule has 7 heteroatoms. The lowest BCUT2D eigenvalue weighted by Crippen LogP contribution is -2.32. The molecule has 168 valence electrons. The van der Waals surface area contributed by atoms with E-state index in [4.69, 9.17) is 0 Å². The number of amides is 2. The number of imide groups is 1. The minimum atomic E-state index is -4.53. The molecule has 4 nitrogen and oxygen atoms in total. The van der Waals surface area contributed by atoms with Gasteiger partial charge in [-0.15, -0.1) is 0 Å². The third-order valence-electron chi connectivity index (χ3n) is 5.61. The van der Waals surface area contributed by atoms with Crippen molar-refractivity contribution in [1.29, 1.82) is 0 Å². The van der Waals surface area contributed by atoms with Crippen LogP contribution in [-0.4, -0.2) is 16.7 Å². The summed E-state index contributed by atoms with van der Waals surface area (Å²) < 4.78 is 39.5. The molecule has 0 aliphatic carbocycles. The Morgan fingerprint density at radius 1 is 0.818 bits per heavy atom. The fraction of sp³-hybridized carbons (Fsp3) is 0.154. The predicted octanol–water partition coefficient (Wildman–Crippen LogP) is 5.71. The minimum Gasteiger partial charge on any atom is -0.350 e. The molecule has 0 spiro atoms. The normalized spacial score (nSPS) is 14.3. The highest BCUT2D eigenvalue weighted by atomic mass is 19.4. The summed E-state index contributed by atoms with van der Waals surface area (Å²) in [5, 5.41) is 2.80. The molecule has 2 amide bonds. The second kappa shape index (κ2) is 8.58. The van der Waals surface area contributed by atoms with Crippen molar-refractivity contribution in [1.82, 2.24) is 4.90 Å². The zero-order valence-electron chi connectivity index (χ0n) is 18.0. The molecule has 1 N–H and O–H groups in total.